The number of benzene rings is 2. The molecule has 0 saturated carbocycles. The van der Waals surface area contributed by atoms with Gasteiger partial charge >= 0.3 is 6.09 Å². The molecule has 0 aliphatic carbocycles. The lowest BCUT2D eigenvalue weighted by Crippen LogP contribution is -2.43. The zero-order valence-electron chi connectivity index (χ0n) is 16.4. The molecule has 1 fully saturated rings. The lowest BCUT2D eigenvalue weighted by Gasteiger charge is -2.33. The summed E-state index contributed by atoms with van der Waals surface area (Å²) < 4.78 is 26.7. The number of amides is 1. The van der Waals surface area contributed by atoms with Gasteiger partial charge in [0.2, 0.25) is 5.72 Å². The number of ether oxygens (including phenoxy) is 5. The number of methoxy groups -OCH3 is 4. The maximum Gasteiger partial charge on any atom is 0.412 e. The molecule has 1 N–H and O–H groups in total. The largest absolute Gasteiger partial charge is 0.493 e. The lowest BCUT2D eigenvalue weighted by atomic mass is 9.91. The van der Waals surface area contributed by atoms with Crippen LogP contribution in [0.5, 0.6) is 23.0 Å². The maximum atomic E-state index is 12.3. The Balaban J connectivity index is 2.13. The molecule has 2 aromatic carbocycles. The molecule has 0 bridgehead atoms. The van der Waals surface area contributed by atoms with E-state index in [1.165, 1.54) is 35.5 Å². The van der Waals surface area contributed by atoms with E-state index in [4.69, 9.17) is 23.7 Å². The number of likely N-dealkylation sites (N-methyl/N-ethyl adjacent to an activating group) is 1. The Morgan fingerprint density at radius 3 is 2.00 bits per heavy atom. The lowest BCUT2D eigenvalue weighted by molar-refractivity contribution is -0.101. The summed E-state index contributed by atoms with van der Waals surface area (Å²) in [5.74, 6) is 1.91. The van der Waals surface area contributed by atoms with Crippen LogP contribution in [0.1, 0.15) is 17.2 Å². The van der Waals surface area contributed by atoms with Gasteiger partial charge in [0.05, 0.1) is 28.4 Å². The molecular formula is C20H23NO7. The molecule has 1 amide bonds. The van der Waals surface area contributed by atoms with Gasteiger partial charge in [-0.25, -0.2) is 4.79 Å². The van der Waals surface area contributed by atoms with E-state index in [-0.39, 0.29) is 0 Å². The van der Waals surface area contributed by atoms with Crippen molar-refractivity contribution in [2.24, 2.45) is 0 Å². The van der Waals surface area contributed by atoms with Crippen molar-refractivity contribution < 1.29 is 33.6 Å². The predicted molar refractivity (Wildman–Crippen MR) is 100.0 cm³/mol. The van der Waals surface area contributed by atoms with Gasteiger partial charge in [0.1, 0.15) is 0 Å². The first-order chi connectivity index (χ1) is 13.4. The molecule has 8 nitrogen and oxygen atoms in total. The van der Waals surface area contributed by atoms with Crippen LogP contribution in [0, 0.1) is 0 Å². The van der Waals surface area contributed by atoms with Gasteiger partial charge in [-0.1, -0.05) is 12.1 Å². The van der Waals surface area contributed by atoms with Crippen LogP contribution in [-0.2, 0) is 10.5 Å². The molecule has 0 radical (unpaired) electrons. The van der Waals surface area contributed by atoms with Gasteiger partial charge in [0.15, 0.2) is 29.1 Å². The van der Waals surface area contributed by atoms with Gasteiger partial charge in [-0.05, 0) is 24.3 Å². The van der Waals surface area contributed by atoms with Crippen LogP contribution in [0.2, 0.25) is 0 Å². The summed E-state index contributed by atoms with van der Waals surface area (Å²) in [7, 11) is 7.53. The van der Waals surface area contributed by atoms with Crippen molar-refractivity contribution in [1.82, 2.24) is 4.90 Å². The number of hydrogen-bond acceptors (Lipinski definition) is 7. The Kier molecular flexibility index (Phi) is 5.24. The smallest absolute Gasteiger partial charge is 0.412 e. The average Bonchev–Trinajstić information content (AvgIpc) is 2.97. The van der Waals surface area contributed by atoms with Crippen molar-refractivity contribution >= 4 is 6.09 Å². The molecule has 0 unspecified atom stereocenters. The van der Waals surface area contributed by atoms with Crippen LogP contribution in [0.25, 0.3) is 0 Å². The van der Waals surface area contributed by atoms with E-state index in [9.17, 15) is 9.90 Å². The van der Waals surface area contributed by atoms with Gasteiger partial charge in [0, 0.05) is 18.2 Å². The Bertz CT molecular complexity index is 885. The summed E-state index contributed by atoms with van der Waals surface area (Å²) in [4.78, 5) is 13.5. The number of hydrogen-bond donors (Lipinski definition) is 1. The van der Waals surface area contributed by atoms with Gasteiger partial charge in [-0.3, -0.25) is 4.90 Å². The number of rotatable bonds is 6. The third-order valence-electron chi connectivity index (χ3n) is 4.89. The van der Waals surface area contributed by atoms with Gasteiger partial charge in [0.25, 0.3) is 0 Å². The van der Waals surface area contributed by atoms with E-state index >= 15 is 0 Å². The first kappa shape index (κ1) is 19.6. The summed E-state index contributed by atoms with van der Waals surface area (Å²) >= 11 is 0. The van der Waals surface area contributed by atoms with Crippen LogP contribution in [0.3, 0.4) is 0 Å². The molecular weight excluding hydrogens is 366 g/mol. The van der Waals surface area contributed by atoms with Crippen molar-refractivity contribution in [3.8, 4) is 23.0 Å². The number of carbonyl (C=O) groups excluding carboxylic acids is 1. The average molecular weight is 389 g/mol. The second-order valence-electron chi connectivity index (χ2n) is 6.23. The van der Waals surface area contributed by atoms with Crippen LogP contribution >= 0.6 is 0 Å². The molecule has 150 valence electrons. The van der Waals surface area contributed by atoms with Gasteiger partial charge in [-0.2, -0.15) is 0 Å². The summed E-state index contributed by atoms with van der Waals surface area (Å²) in [6.45, 7) is 0. The molecule has 0 spiro atoms. The monoisotopic (exact) mass is 389 g/mol. The Morgan fingerprint density at radius 1 is 0.893 bits per heavy atom. The SMILES string of the molecule is COc1ccc([C@@H]2OC(=O)N(C)[C@@]2(O)c2ccc(OC)c(OC)c2)cc1OC. The molecule has 28 heavy (non-hydrogen) atoms. The quantitative estimate of drug-likeness (QED) is 0.813. The third kappa shape index (κ3) is 2.95. The predicted octanol–water partition coefficient (Wildman–Crippen LogP) is 2.69. The Morgan fingerprint density at radius 2 is 1.43 bits per heavy atom. The fourth-order valence-corrected chi connectivity index (χ4v) is 3.30. The molecule has 8 heteroatoms. The van der Waals surface area contributed by atoms with Crippen LogP contribution in [0.4, 0.5) is 4.79 Å². The van der Waals surface area contributed by atoms with Crippen molar-refractivity contribution in [1.29, 1.82) is 0 Å². The minimum Gasteiger partial charge on any atom is -0.493 e. The highest BCUT2D eigenvalue weighted by molar-refractivity contribution is 5.72. The topological polar surface area (TPSA) is 86.7 Å². The Labute approximate surface area is 163 Å². The zero-order valence-corrected chi connectivity index (χ0v) is 16.4. The van der Waals surface area contributed by atoms with Crippen molar-refractivity contribution in [3.05, 3.63) is 47.5 Å². The zero-order chi connectivity index (χ0) is 20.5. The highest BCUT2D eigenvalue weighted by Crippen LogP contribution is 2.48. The fraction of sp³-hybridized carbons (Fsp3) is 0.350. The standard InChI is InChI=1S/C20H23NO7/c1-21-19(22)28-18(12-6-8-14(24-2)16(10-12)26-4)20(21,23)13-7-9-15(25-3)17(11-13)27-5/h6-11,18,23H,1-5H3/t18-,20+/m0/s1. The molecule has 1 aliphatic heterocycles. The molecule has 2 atom stereocenters. The summed E-state index contributed by atoms with van der Waals surface area (Å²) in [5.41, 5.74) is -0.804. The third-order valence-corrected chi connectivity index (χ3v) is 4.89. The van der Waals surface area contributed by atoms with Gasteiger partial charge in [-0.15, -0.1) is 0 Å². The number of cyclic esters (lactones) is 1. The van der Waals surface area contributed by atoms with E-state index in [2.05, 4.69) is 0 Å². The minimum absolute atomic E-state index is 0.415. The Hall–Kier alpha value is -3.13. The minimum atomic E-state index is -1.77. The van der Waals surface area contributed by atoms with Crippen molar-refractivity contribution in [2.75, 3.05) is 35.5 Å². The molecule has 1 heterocycles. The second-order valence-corrected chi connectivity index (χ2v) is 6.23. The number of nitrogens with zero attached hydrogens (tertiary/aromatic N) is 1. The van der Waals surface area contributed by atoms with Crippen molar-refractivity contribution in [2.45, 2.75) is 11.8 Å². The summed E-state index contributed by atoms with van der Waals surface area (Å²) in [6, 6.07) is 10.0. The van der Waals surface area contributed by atoms with E-state index in [0.717, 1.165) is 4.90 Å². The normalized spacial score (nSPS) is 21.3. The molecule has 2 aromatic rings. The first-order valence-electron chi connectivity index (χ1n) is 8.51. The second kappa shape index (κ2) is 7.47. The summed E-state index contributed by atoms with van der Waals surface area (Å²) in [5, 5.41) is 11.6. The molecule has 0 aromatic heterocycles. The highest BCUT2D eigenvalue weighted by atomic mass is 16.6. The van der Waals surface area contributed by atoms with Crippen LogP contribution in [-0.4, -0.2) is 51.6 Å². The highest BCUT2D eigenvalue weighted by Gasteiger charge is 2.54. The number of aliphatic hydroxyl groups is 1. The van der Waals surface area contributed by atoms with Crippen LogP contribution in [0.15, 0.2) is 36.4 Å². The first-order valence-corrected chi connectivity index (χ1v) is 8.51. The van der Waals surface area contributed by atoms with E-state index < -0.39 is 17.9 Å². The van der Waals surface area contributed by atoms with Crippen LogP contribution < -0.4 is 18.9 Å². The summed E-state index contributed by atoms with van der Waals surface area (Å²) in [6.07, 6.45) is -1.65. The molecule has 3 rings (SSSR count). The van der Waals surface area contributed by atoms with E-state index in [0.29, 0.717) is 34.1 Å². The number of carbonyl (C=O) groups is 1. The maximum absolute atomic E-state index is 12.3. The molecule has 1 aliphatic rings. The van der Waals surface area contributed by atoms with E-state index in [1.54, 1.807) is 36.4 Å². The fourth-order valence-electron chi connectivity index (χ4n) is 3.30. The van der Waals surface area contributed by atoms with Gasteiger partial charge < -0.3 is 28.8 Å². The van der Waals surface area contributed by atoms with E-state index in [1.807, 2.05) is 0 Å². The van der Waals surface area contributed by atoms with Crippen molar-refractivity contribution in [3.63, 3.8) is 0 Å². The molecule has 1 saturated heterocycles.